The number of carbonyl (C=O) groups excluding carboxylic acids is 1. The molecule has 2 fully saturated rings. The van der Waals surface area contributed by atoms with Gasteiger partial charge in [0.15, 0.2) is 0 Å². The first-order valence-corrected chi connectivity index (χ1v) is 9.09. The minimum atomic E-state index is -3.74. The molecular weight excluding hydrogens is 324 g/mol. The van der Waals surface area contributed by atoms with E-state index in [0.717, 1.165) is 0 Å². The van der Waals surface area contributed by atoms with E-state index in [4.69, 9.17) is 19.8 Å². The highest BCUT2D eigenvalue weighted by atomic mass is 16.5. The Morgan fingerprint density at radius 1 is 1.46 bits per heavy atom. The zero-order valence-electron chi connectivity index (χ0n) is 26.8. The SMILES string of the molecule is [2H]C1([2H])C[C@H]2[C@@H]3CC[C@H](OC(=O)C([2H])([2H])C([2H])([2H])C([2H])([2H])C([2H])([2H])[2H])[C@@]3(C)CC[C@]2([2H])c2ccc(O)cc21. The van der Waals surface area contributed by atoms with Crippen LogP contribution in [0.5, 0.6) is 5.75 Å². The molecule has 142 valence electrons. The Kier molecular flexibility index (Phi) is 2.30. The number of hydrogen-bond acceptors (Lipinski definition) is 3. The van der Waals surface area contributed by atoms with E-state index in [-0.39, 0.29) is 30.1 Å². The molecule has 3 nitrogen and oxygen atoms in total. The largest absolute Gasteiger partial charge is 0.508 e. The number of hydrogen-bond donors (Lipinski definition) is 1. The highest BCUT2D eigenvalue weighted by Crippen LogP contribution is 2.61. The van der Waals surface area contributed by atoms with Gasteiger partial charge in [0.1, 0.15) is 11.9 Å². The maximum absolute atomic E-state index is 13.0. The summed E-state index contributed by atoms with van der Waals surface area (Å²) in [6.07, 6.45) is -12.4. The first-order chi connectivity index (χ1) is 17.0. The molecule has 0 amide bonds. The zero-order chi connectivity index (χ0) is 28.9. The first kappa shape index (κ1) is 8.67. The first-order valence-electron chi connectivity index (χ1n) is 15.1. The number of carbonyl (C=O) groups is 1. The van der Waals surface area contributed by atoms with Gasteiger partial charge in [-0.1, -0.05) is 26.2 Å². The number of phenolic OH excluding ortho intramolecular Hbond substituents is 1. The van der Waals surface area contributed by atoms with Crippen molar-refractivity contribution in [2.45, 2.75) is 83.4 Å². The van der Waals surface area contributed by atoms with E-state index in [1.54, 1.807) is 6.07 Å². The van der Waals surface area contributed by atoms with E-state index in [9.17, 15) is 11.3 Å². The molecule has 5 atom stereocenters. The number of fused-ring (bicyclic) bond motifs is 5. The van der Waals surface area contributed by atoms with Gasteiger partial charge in [0.25, 0.3) is 0 Å². The number of benzene rings is 1. The third-order valence-electron chi connectivity index (χ3n) is 6.53. The third-order valence-corrected chi connectivity index (χ3v) is 6.53. The number of phenols is 1. The lowest BCUT2D eigenvalue weighted by Crippen LogP contribution is -2.45. The van der Waals surface area contributed by atoms with Crippen molar-refractivity contribution in [3.05, 3.63) is 29.3 Å². The van der Waals surface area contributed by atoms with Gasteiger partial charge >= 0.3 is 5.97 Å². The zero-order valence-corrected chi connectivity index (χ0v) is 14.8. The fraction of sp³-hybridized carbons (Fsp3) is 0.696. The molecule has 3 aliphatic rings. The second-order valence-corrected chi connectivity index (χ2v) is 7.70. The predicted molar refractivity (Wildman–Crippen MR) is 102 cm³/mol. The summed E-state index contributed by atoms with van der Waals surface area (Å²) < 4.78 is 102. The van der Waals surface area contributed by atoms with Crippen LogP contribution in [0.4, 0.5) is 0 Å². The van der Waals surface area contributed by atoms with Gasteiger partial charge in [0.05, 0.1) is 0 Å². The summed E-state index contributed by atoms with van der Waals surface area (Å²) in [4.78, 5) is 13.0. The van der Waals surface area contributed by atoms with Crippen LogP contribution in [0, 0.1) is 17.3 Å². The molecule has 1 aromatic rings. The summed E-state index contributed by atoms with van der Waals surface area (Å²) in [7, 11) is 0. The molecule has 3 aliphatic carbocycles. The lowest BCUT2D eigenvalue weighted by atomic mass is 9.55. The third kappa shape index (κ3) is 2.93. The Bertz CT molecular complexity index is 1130. The predicted octanol–water partition coefficient (Wildman–Crippen LogP) is 5.35. The van der Waals surface area contributed by atoms with Crippen LogP contribution in [0.15, 0.2) is 18.2 Å². The molecular formula is C23H32O3. The average molecular weight is 369 g/mol. The molecule has 3 heteroatoms. The molecule has 0 unspecified atom stereocenters. The maximum atomic E-state index is 13.0. The van der Waals surface area contributed by atoms with Crippen molar-refractivity contribution >= 4 is 5.97 Å². The Balaban J connectivity index is 1.62. The molecule has 0 bridgehead atoms. The number of ether oxygens (including phenoxy) is 1. The molecule has 0 saturated heterocycles. The quantitative estimate of drug-likeness (QED) is 0.729. The Morgan fingerprint density at radius 2 is 2.35 bits per heavy atom. The number of rotatable bonds is 4. The van der Waals surface area contributed by atoms with Gasteiger partial charge in [-0.2, -0.15) is 0 Å². The summed E-state index contributed by atoms with van der Waals surface area (Å²) in [5, 5.41) is 9.94. The average Bonchev–Trinajstić information content (AvgIpc) is 3.10. The van der Waals surface area contributed by atoms with Gasteiger partial charge in [-0.25, -0.2) is 0 Å². The van der Waals surface area contributed by atoms with E-state index in [0.29, 0.717) is 24.8 Å². The van der Waals surface area contributed by atoms with Crippen LogP contribution in [-0.4, -0.2) is 17.2 Å². The van der Waals surface area contributed by atoms with Crippen LogP contribution in [0.2, 0.25) is 0 Å². The van der Waals surface area contributed by atoms with Crippen LogP contribution < -0.4 is 0 Å². The Morgan fingerprint density at radius 3 is 3.19 bits per heavy atom. The van der Waals surface area contributed by atoms with Crippen LogP contribution in [-0.2, 0) is 15.9 Å². The summed E-state index contributed by atoms with van der Waals surface area (Å²) in [6, 6.07) is 4.39. The highest BCUT2D eigenvalue weighted by Gasteiger charge is 2.56. The van der Waals surface area contributed by atoms with Crippen molar-refractivity contribution in [3.8, 4) is 5.75 Å². The number of aromatic hydroxyl groups is 1. The second-order valence-electron chi connectivity index (χ2n) is 7.70. The Hall–Kier alpha value is -1.51. The normalized spacial score (nSPS) is 49.0. The number of esters is 1. The van der Waals surface area contributed by atoms with Gasteiger partial charge in [0.2, 0.25) is 0 Å². The van der Waals surface area contributed by atoms with Gasteiger partial charge < -0.3 is 9.84 Å². The summed E-state index contributed by atoms with van der Waals surface area (Å²) in [5.74, 6) is -3.66. The van der Waals surface area contributed by atoms with Crippen molar-refractivity contribution in [2.24, 2.45) is 17.3 Å². The van der Waals surface area contributed by atoms with Crippen LogP contribution >= 0.6 is 0 Å². The molecule has 1 N–H and O–H groups in total. The van der Waals surface area contributed by atoms with E-state index in [2.05, 4.69) is 0 Å². The maximum Gasteiger partial charge on any atom is 0.306 e. The molecule has 4 rings (SSSR count). The summed E-state index contributed by atoms with van der Waals surface area (Å²) in [6.45, 7) is -1.71. The Labute approximate surface area is 174 Å². The monoisotopic (exact) mass is 368 g/mol. The minimum absolute atomic E-state index is 0.00996. The molecule has 0 spiro atoms. The van der Waals surface area contributed by atoms with E-state index in [1.807, 2.05) is 6.92 Å². The van der Waals surface area contributed by atoms with Crippen LogP contribution in [0.3, 0.4) is 0 Å². The molecule has 2 saturated carbocycles. The lowest BCUT2D eigenvalue weighted by Gasteiger charge is -2.50. The second kappa shape index (κ2) is 6.90. The van der Waals surface area contributed by atoms with Crippen molar-refractivity contribution in [1.82, 2.24) is 0 Å². The van der Waals surface area contributed by atoms with E-state index in [1.165, 1.54) is 12.1 Å². The van der Waals surface area contributed by atoms with Crippen molar-refractivity contribution in [1.29, 1.82) is 0 Å². The molecule has 0 aliphatic heterocycles. The van der Waals surface area contributed by atoms with Crippen molar-refractivity contribution < 1.29 is 31.1 Å². The topological polar surface area (TPSA) is 46.5 Å². The van der Waals surface area contributed by atoms with Crippen molar-refractivity contribution in [3.63, 3.8) is 0 Å². The highest BCUT2D eigenvalue weighted by molar-refractivity contribution is 5.69. The lowest BCUT2D eigenvalue weighted by molar-refractivity contribution is -0.157. The van der Waals surface area contributed by atoms with Crippen LogP contribution in [0.25, 0.3) is 0 Å². The summed E-state index contributed by atoms with van der Waals surface area (Å²) >= 11 is 0. The molecule has 26 heavy (non-hydrogen) atoms. The fourth-order valence-corrected chi connectivity index (χ4v) is 5.28. The minimum Gasteiger partial charge on any atom is -0.508 e. The van der Waals surface area contributed by atoms with E-state index >= 15 is 0 Å². The van der Waals surface area contributed by atoms with Crippen LogP contribution in [0.1, 0.15) is 98.5 Å². The van der Waals surface area contributed by atoms with Gasteiger partial charge in [-0.3, -0.25) is 4.79 Å². The fourth-order valence-electron chi connectivity index (χ4n) is 5.28. The smallest absolute Gasteiger partial charge is 0.306 e. The standard InChI is InChI=1S/C23H32O3/c1-3-4-5-22(25)26-21-11-10-20-19-8-6-15-14-16(24)7-9-17(15)18(19)12-13-23(20,21)2/h7,9,14,18-21,24H,3-6,8,10-13H2,1-2H3/t18-,19-,20+,21+,23+/m1/s1/i1D3,3D2,4D2,5D2,6D2,18D. The molecule has 0 radical (unpaired) electrons. The van der Waals surface area contributed by atoms with Crippen molar-refractivity contribution in [2.75, 3.05) is 0 Å². The summed E-state index contributed by atoms with van der Waals surface area (Å²) in [5.41, 5.74) is 0.0176. The molecule has 1 aromatic carbocycles. The van der Waals surface area contributed by atoms with Gasteiger partial charge in [0, 0.05) is 28.2 Å². The van der Waals surface area contributed by atoms with E-state index < -0.39 is 61.6 Å². The molecule has 0 aromatic heterocycles. The molecule has 0 heterocycles. The number of aryl methyl sites for hydroxylation is 1. The van der Waals surface area contributed by atoms with Gasteiger partial charge in [-0.15, -0.1) is 0 Å². The van der Waals surface area contributed by atoms with Gasteiger partial charge in [-0.05, 0) is 85.8 Å².